The van der Waals surface area contributed by atoms with Crippen LogP contribution >= 0.6 is 0 Å². The lowest BCUT2D eigenvalue weighted by atomic mass is 10.1. The van der Waals surface area contributed by atoms with Crippen LogP contribution in [-0.4, -0.2) is 40.1 Å². The Kier molecular flexibility index (Phi) is 8.22. The van der Waals surface area contributed by atoms with E-state index in [2.05, 4.69) is 5.32 Å². The number of aliphatic hydroxyl groups excluding tert-OH is 3. The van der Waals surface area contributed by atoms with Gasteiger partial charge in [-0.05, 0) is 37.1 Å². The third-order valence-corrected chi connectivity index (χ3v) is 3.26. The van der Waals surface area contributed by atoms with Gasteiger partial charge >= 0.3 is 0 Å². The highest BCUT2D eigenvalue weighted by molar-refractivity contribution is 5.36. The molecule has 5 nitrogen and oxygen atoms in total. The van der Waals surface area contributed by atoms with Gasteiger partial charge < -0.3 is 25.7 Å². The van der Waals surface area contributed by atoms with E-state index in [1.165, 1.54) is 6.07 Å². The quantitative estimate of drug-likeness (QED) is 0.414. The number of rotatable bonds is 10. The molecule has 1 atom stereocenters. The lowest BCUT2D eigenvalue weighted by Crippen LogP contribution is -2.22. The molecular formula is C15H25NO4. The second-order valence-corrected chi connectivity index (χ2v) is 4.90. The summed E-state index contributed by atoms with van der Waals surface area (Å²) < 4.78 is 0. The Morgan fingerprint density at radius 1 is 1.05 bits per heavy atom. The molecule has 0 aliphatic rings. The number of unbranched alkanes of at least 4 members (excludes halogenated alkanes) is 3. The summed E-state index contributed by atoms with van der Waals surface area (Å²) in [5.74, 6) is 0.0419. The largest absolute Gasteiger partial charge is 0.508 e. The van der Waals surface area contributed by atoms with Gasteiger partial charge in [-0.1, -0.05) is 18.9 Å². The normalized spacial score (nSPS) is 12.6. The van der Waals surface area contributed by atoms with Crippen molar-refractivity contribution in [1.82, 2.24) is 5.32 Å². The number of hydrogen-bond donors (Lipinski definition) is 5. The van der Waals surface area contributed by atoms with E-state index in [1.807, 2.05) is 0 Å². The molecule has 114 valence electrons. The van der Waals surface area contributed by atoms with Crippen molar-refractivity contribution in [3.8, 4) is 5.75 Å². The van der Waals surface area contributed by atoms with Crippen molar-refractivity contribution in [2.75, 3.05) is 19.7 Å². The number of phenols is 1. The van der Waals surface area contributed by atoms with Crippen molar-refractivity contribution in [2.45, 2.75) is 38.4 Å². The molecule has 1 aromatic carbocycles. The first-order valence-corrected chi connectivity index (χ1v) is 7.11. The Morgan fingerprint density at radius 2 is 1.80 bits per heavy atom. The van der Waals surface area contributed by atoms with E-state index in [4.69, 9.17) is 10.2 Å². The molecule has 0 bridgehead atoms. The zero-order valence-electron chi connectivity index (χ0n) is 11.8. The molecule has 1 aromatic rings. The fraction of sp³-hybridized carbons (Fsp3) is 0.600. The fourth-order valence-corrected chi connectivity index (χ4v) is 2.01. The SMILES string of the molecule is OCCCCCCNCC(O)c1ccc(O)c(CO)c1. The highest BCUT2D eigenvalue weighted by Crippen LogP contribution is 2.22. The number of hydrogen-bond acceptors (Lipinski definition) is 5. The second-order valence-electron chi connectivity index (χ2n) is 4.90. The van der Waals surface area contributed by atoms with Crippen molar-refractivity contribution >= 4 is 0 Å². The number of aromatic hydroxyl groups is 1. The maximum Gasteiger partial charge on any atom is 0.121 e. The molecule has 5 heteroatoms. The summed E-state index contributed by atoms with van der Waals surface area (Å²) in [6, 6.07) is 4.75. The summed E-state index contributed by atoms with van der Waals surface area (Å²) in [6.07, 6.45) is 3.30. The van der Waals surface area contributed by atoms with Crippen LogP contribution < -0.4 is 5.32 Å². The molecule has 0 saturated heterocycles. The van der Waals surface area contributed by atoms with Crippen LogP contribution in [-0.2, 0) is 6.61 Å². The van der Waals surface area contributed by atoms with Crippen LogP contribution in [0.3, 0.4) is 0 Å². The Labute approximate surface area is 119 Å². The van der Waals surface area contributed by atoms with Crippen LogP contribution in [0.25, 0.3) is 0 Å². The standard InChI is InChI=1S/C15H25NO4/c17-8-4-2-1-3-7-16-10-15(20)12-5-6-14(19)13(9-12)11-18/h5-6,9,15-20H,1-4,7-8,10-11H2. The van der Waals surface area contributed by atoms with Gasteiger partial charge in [0, 0.05) is 18.7 Å². The fourth-order valence-electron chi connectivity index (χ4n) is 2.01. The Morgan fingerprint density at radius 3 is 2.50 bits per heavy atom. The first-order valence-electron chi connectivity index (χ1n) is 7.11. The van der Waals surface area contributed by atoms with Crippen LogP contribution in [0.4, 0.5) is 0 Å². The van der Waals surface area contributed by atoms with Crippen molar-refractivity contribution in [3.63, 3.8) is 0 Å². The van der Waals surface area contributed by atoms with Gasteiger partial charge in [-0.25, -0.2) is 0 Å². The Balaban J connectivity index is 2.27. The van der Waals surface area contributed by atoms with E-state index in [0.29, 0.717) is 17.7 Å². The maximum absolute atomic E-state index is 10.0. The van der Waals surface area contributed by atoms with E-state index in [0.717, 1.165) is 32.2 Å². The number of aliphatic hydroxyl groups is 3. The van der Waals surface area contributed by atoms with Crippen LogP contribution in [0.1, 0.15) is 42.9 Å². The number of benzene rings is 1. The molecule has 1 unspecified atom stereocenters. The smallest absolute Gasteiger partial charge is 0.121 e. The van der Waals surface area contributed by atoms with Crippen molar-refractivity contribution < 1.29 is 20.4 Å². The maximum atomic E-state index is 10.0. The second kappa shape index (κ2) is 9.72. The highest BCUT2D eigenvalue weighted by Gasteiger charge is 2.09. The van der Waals surface area contributed by atoms with Crippen molar-refractivity contribution in [3.05, 3.63) is 29.3 Å². The molecule has 1 rings (SSSR count). The highest BCUT2D eigenvalue weighted by atomic mass is 16.3. The Bertz CT molecular complexity index is 384. The van der Waals surface area contributed by atoms with E-state index in [9.17, 15) is 10.2 Å². The minimum absolute atomic E-state index is 0.0419. The summed E-state index contributed by atoms with van der Waals surface area (Å²) >= 11 is 0. The minimum atomic E-state index is -0.654. The van der Waals surface area contributed by atoms with Gasteiger partial charge in [-0.15, -0.1) is 0 Å². The lowest BCUT2D eigenvalue weighted by Gasteiger charge is -2.13. The van der Waals surface area contributed by atoms with Crippen LogP contribution in [0.5, 0.6) is 5.75 Å². The molecule has 5 N–H and O–H groups in total. The molecule has 0 aliphatic heterocycles. The minimum Gasteiger partial charge on any atom is -0.508 e. The molecule has 0 heterocycles. The van der Waals surface area contributed by atoms with Gasteiger partial charge in [0.05, 0.1) is 12.7 Å². The molecular weight excluding hydrogens is 258 g/mol. The van der Waals surface area contributed by atoms with Gasteiger partial charge in [-0.2, -0.15) is 0 Å². The van der Waals surface area contributed by atoms with Gasteiger partial charge in [0.2, 0.25) is 0 Å². The van der Waals surface area contributed by atoms with E-state index < -0.39 is 6.10 Å². The molecule has 0 saturated carbocycles. The third kappa shape index (κ3) is 5.88. The molecule has 0 fully saturated rings. The molecule has 0 spiro atoms. The van der Waals surface area contributed by atoms with Crippen LogP contribution in [0.2, 0.25) is 0 Å². The zero-order valence-corrected chi connectivity index (χ0v) is 11.8. The van der Waals surface area contributed by atoms with E-state index >= 15 is 0 Å². The average molecular weight is 283 g/mol. The molecule has 20 heavy (non-hydrogen) atoms. The van der Waals surface area contributed by atoms with Gasteiger partial charge in [0.1, 0.15) is 5.75 Å². The summed E-state index contributed by atoms with van der Waals surface area (Å²) in [5.41, 5.74) is 1.10. The first-order chi connectivity index (χ1) is 9.69. The predicted molar refractivity (Wildman–Crippen MR) is 77.4 cm³/mol. The van der Waals surface area contributed by atoms with Crippen molar-refractivity contribution in [2.24, 2.45) is 0 Å². The summed E-state index contributed by atoms with van der Waals surface area (Å²) in [6.45, 7) is 1.27. The molecule has 0 radical (unpaired) electrons. The van der Waals surface area contributed by atoms with Gasteiger partial charge in [-0.3, -0.25) is 0 Å². The van der Waals surface area contributed by atoms with Gasteiger partial charge in [0.15, 0.2) is 0 Å². The average Bonchev–Trinajstić information content (AvgIpc) is 2.46. The van der Waals surface area contributed by atoms with Gasteiger partial charge in [0.25, 0.3) is 0 Å². The molecule has 0 aromatic heterocycles. The first kappa shape index (κ1) is 16.9. The van der Waals surface area contributed by atoms with E-state index in [1.54, 1.807) is 12.1 Å². The van der Waals surface area contributed by atoms with E-state index in [-0.39, 0.29) is 19.0 Å². The van der Waals surface area contributed by atoms with Crippen molar-refractivity contribution in [1.29, 1.82) is 0 Å². The summed E-state index contributed by atoms with van der Waals surface area (Å²) in [5, 5.41) is 40.4. The molecule has 0 amide bonds. The lowest BCUT2D eigenvalue weighted by molar-refractivity contribution is 0.174. The van der Waals surface area contributed by atoms with Crippen LogP contribution in [0, 0.1) is 0 Å². The molecule has 0 aliphatic carbocycles. The monoisotopic (exact) mass is 283 g/mol. The van der Waals surface area contributed by atoms with Crippen LogP contribution in [0.15, 0.2) is 18.2 Å². The third-order valence-electron chi connectivity index (χ3n) is 3.26. The zero-order chi connectivity index (χ0) is 14.8. The summed E-state index contributed by atoms with van der Waals surface area (Å²) in [4.78, 5) is 0. The number of nitrogens with one attached hydrogen (secondary N) is 1. The predicted octanol–water partition coefficient (Wildman–Crippen LogP) is 1.06. The Hall–Kier alpha value is -1.14. The topological polar surface area (TPSA) is 93.0 Å². The summed E-state index contributed by atoms with van der Waals surface area (Å²) in [7, 11) is 0.